The summed E-state index contributed by atoms with van der Waals surface area (Å²) in [5, 5.41) is 10.7. The first kappa shape index (κ1) is 21.5. The van der Waals surface area contributed by atoms with Gasteiger partial charge in [0.15, 0.2) is 6.29 Å². The van der Waals surface area contributed by atoms with Crippen LogP contribution in [-0.4, -0.2) is 68.2 Å². The highest BCUT2D eigenvalue weighted by Crippen LogP contribution is 2.24. The van der Waals surface area contributed by atoms with Gasteiger partial charge in [0.05, 0.1) is 29.7 Å². The monoisotopic (exact) mass is 453 g/mol. The fraction of sp³-hybridized carbons (Fsp3) is 0.238. The van der Waals surface area contributed by atoms with E-state index in [1.165, 1.54) is 10.7 Å². The first-order valence-electron chi connectivity index (χ1n) is 9.93. The lowest BCUT2D eigenvalue weighted by Gasteiger charge is -2.36. The lowest BCUT2D eigenvalue weighted by atomic mass is 10.2. The summed E-state index contributed by atoms with van der Waals surface area (Å²) in [4.78, 5) is 30.9. The van der Waals surface area contributed by atoms with E-state index < -0.39 is 0 Å². The Morgan fingerprint density at radius 1 is 1.22 bits per heavy atom. The summed E-state index contributed by atoms with van der Waals surface area (Å²) in [6, 6.07) is 8.32. The van der Waals surface area contributed by atoms with Crippen LogP contribution in [0.25, 0.3) is 5.69 Å². The second-order valence-corrected chi connectivity index (χ2v) is 7.59. The molecule has 11 heteroatoms. The normalized spacial score (nSPS) is 13.7. The van der Waals surface area contributed by atoms with Crippen LogP contribution in [-0.2, 0) is 11.3 Å². The molecular formula is C21H20FN7O2S. The molecule has 1 aliphatic heterocycles. The van der Waals surface area contributed by atoms with Crippen LogP contribution < -0.4 is 10.2 Å². The highest BCUT2D eigenvalue weighted by molar-refractivity contribution is 7.81. The summed E-state index contributed by atoms with van der Waals surface area (Å²) < 4.78 is 16.3. The Hall–Kier alpha value is -3.73. The highest BCUT2D eigenvalue weighted by Gasteiger charge is 2.24. The standard InChI is InChI=1S/C21H20FN7O2S/c22-18-10-17(29-13-16(25-26-29)12-24-20(32)14-30)3-4-19(18)27-6-8-28(9-7-27)21(31)15-2-1-5-23-11-15/h1-5,10-11,13-14H,6-9,12H2,(H,24,32). The largest absolute Gasteiger partial charge is 0.368 e. The molecule has 1 saturated heterocycles. The van der Waals surface area contributed by atoms with Crippen molar-refractivity contribution in [3.8, 4) is 5.69 Å². The van der Waals surface area contributed by atoms with E-state index in [2.05, 4.69) is 20.6 Å². The van der Waals surface area contributed by atoms with E-state index in [1.807, 2.05) is 4.90 Å². The molecule has 3 heterocycles. The maximum atomic E-state index is 14.9. The Kier molecular flexibility index (Phi) is 6.45. The number of aldehydes is 1. The fourth-order valence-corrected chi connectivity index (χ4v) is 3.51. The van der Waals surface area contributed by atoms with Crippen molar-refractivity contribution in [2.24, 2.45) is 0 Å². The minimum absolute atomic E-state index is 0.0704. The van der Waals surface area contributed by atoms with Crippen LogP contribution in [0.5, 0.6) is 0 Å². The van der Waals surface area contributed by atoms with E-state index in [1.54, 1.807) is 47.8 Å². The van der Waals surface area contributed by atoms with Crippen molar-refractivity contribution < 1.29 is 14.0 Å². The molecule has 1 amide bonds. The first-order valence-corrected chi connectivity index (χ1v) is 10.3. The summed E-state index contributed by atoms with van der Waals surface area (Å²) >= 11 is 4.78. The van der Waals surface area contributed by atoms with Gasteiger partial charge >= 0.3 is 0 Å². The summed E-state index contributed by atoms with van der Waals surface area (Å²) in [6.45, 7) is 2.30. The molecule has 1 aliphatic rings. The summed E-state index contributed by atoms with van der Waals surface area (Å²) in [7, 11) is 0. The summed E-state index contributed by atoms with van der Waals surface area (Å²) in [6.07, 6.45) is 5.36. The third kappa shape index (κ3) is 4.78. The second kappa shape index (κ2) is 9.60. The minimum atomic E-state index is -0.383. The topological polar surface area (TPSA) is 96.2 Å². The number of hydrogen-bond acceptors (Lipinski definition) is 7. The number of carbonyl (C=O) groups excluding carboxylic acids is 2. The van der Waals surface area contributed by atoms with Crippen molar-refractivity contribution in [1.29, 1.82) is 0 Å². The maximum absolute atomic E-state index is 14.9. The van der Waals surface area contributed by atoms with Gasteiger partial charge in [-0.05, 0) is 24.3 Å². The zero-order chi connectivity index (χ0) is 22.5. The van der Waals surface area contributed by atoms with Crippen LogP contribution in [0, 0.1) is 5.82 Å². The van der Waals surface area contributed by atoms with E-state index in [9.17, 15) is 14.0 Å². The SMILES string of the molecule is O=CC(=S)NCc1cn(-c2ccc(N3CCN(C(=O)c4cccnc4)CC3)c(F)c2)nn1. The maximum Gasteiger partial charge on any atom is 0.255 e. The third-order valence-corrected chi connectivity index (χ3v) is 5.34. The number of carbonyl (C=O) groups is 2. The van der Waals surface area contributed by atoms with E-state index >= 15 is 0 Å². The number of piperazine rings is 1. The van der Waals surface area contributed by atoms with Gasteiger partial charge < -0.3 is 15.1 Å². The number of aromatic nitrogens is 4. The van der Waals surface area contributed by atoms with Crippen molar-refractivity contribution in [2.45, 2.75) is 6.54 Å². The van der Waals surface area contributed by atoms with E-state index in [4.69, 9.17) is 12.2 Å². The lowest BCUT2D eigenvalue weighted by Crippen LogP contribution is -2.49. The smallest absolute Gasteiger partial charge is 0.255 e. The Labute approximate surface area is 188 Å². The van der Waals surface area contributed by atoms with Crippen LogP contribution in [0.15, 0.2) is 48.9 Å². The molecule has 4 rings (SSSR count). The van der Waals surface area contributed by atoms with Crippen molar-refractivity contribution >= 4 is 35.1 Å². The number of nitrogens with one attached hydrogen (secondary N) is 1. The van der Waals surface area contributed by atoms with Gasteiger partial charge in [0.2, 0.25) is 0 Å². The van der Waals surface area contributed by atoms with E-state index in [0.717, 1.165) is 0 Å². The average Bonchev–Trinajstić information content (AvgIpc) is 3.32. The van der Waals surface area contributed by atoms with Crippen LogP contribution in [0.4, 0.5) is 10.1 Å². The number of halogens is 1. The number of nitrogens with zero attached hydrogens (tertiary/aromatic N) is 6. The van der Waals surface area contributed by atoms with Gasteiger partial charge in [0.1, 0.15) is 16.5 Å². The zero-order valence-electron chi connectivity index (χ0n) is 17.0. The second-order valence-electron chi connectivity index (χ2n) is 7.15. The molecule has 1 aromatic carbocycles. The van der Waals surface area contributed by atoms with Crippen LogP contribution >= 0.6 is 12.2 Å². The molecule has 164 valence electrons. The number of pyridine rings is 1. The van der Waals surface area contributed by atoms with E-state index in [0.29, 0.717) is 55.1 Å². The van der Waals surface area contributed by atoms with Gasteiger partial charge in [-0.25, -0.2) is 9.07 Å². The molecule has 0 spiro atoms. The molecule has 0 bridgehead atoms. The Morgan fingerprint density at radius 2 is 2.03 bits per heavy atom. The molecule has 0 saturated carbocycles. The molecular weight excluding hydrogens is 433 g/mol. The quantitative estimate of drug-likeness (QED) is 0.442. The van der Waals surface area contributed by atoms with Gasteiger partial charge in [0.25, 0.3) is 5.91 Å². The van der Waals surface area contributed by atoms with Crippen LogP contribution in [0.3, 0.4) is 0 Å². The number of anilines is 1. The predicted molar refractivity (Wildman–Crippen MR) is 119 cm³/mol. The van der Waals surface area contributed by atoms with Gasteiger partial charge in [0, 0.05) is 44.6 Å². The molecule has 3 aromatic rings. The van der Waals surface area contributed by atoms with Crippen molar-refractivity contribution in [3.63, 3.8) is 0 Å². The Morgan fingerprint density at radius 3 is 2.72 bits per heavy atom. The van der Waals surface area contributed by atoms with Gasteiger partial charge in [-0.2, -0.15) is 0 Å². The molecule has 32 heavy (non-hydrogen) atoms. The zero-order valence-corrected chi connectivity index (χ0v) is 17.8. The number of amides is 1. The molecule has 1 fully saturated rings. The molecule has 0 unspecified atom stereocenters. The molecule has 0 aliphatic carbocycles. The molecule has 1 N–H and O–H groups in total. The average molecular weight is 454 g/mol. The Bertz CT molecular complexity index is 1130. The van der Waals surface area contributed by atoms with Crippen LogP contribution in [0.2, 0.25) is 0 Å². The number of rotatable bonds is 6. The molecule has 0 radical (unpaired) electrons. The fourth-order valence-electron chi connectivity index (χ4n) is 3.44. The predicted octanol–water partition coefficient (Wildman–Crippen LogP) is 1.38. The van der Waals surface area contributed by atoms with Gasteiger partial charge in [-0.1, -0.05) is 17.4 Å². The molecule has 2 aromatic heterocycles. The summed E-state index contributed by atoms with van der Waals surface area (Å²) in [5.74, 6) is -0.453. The first-order chi connectivity index (χ1) is 15.5. The molecule has 0 atom stereocenters. The van der Waals surface area contributed by atoms with Gasteiger partial charge in [-0.3, -0.25) is 14.6 Å². The lowest BCUT2D eigenvalue weighted by molar-refractivity contribution is -0.102. The highest BCUT2D eigenvalue weighted by atomic mass is 32.1. The number of thiocarbonyl (C=S) groups is 1. The molecule has 9 nitrogen and oxygen atoms in total. The van der Waals surface area contributed by atoms with Gasteiger partial charge in [-0.15, -0.1) is 5.10 Å². The van der Waals surface area contributed by atoms with Crippen molar-refractivity contribution in [3.05, 3.63) is 66.0 Å². The summed E-state index contributed by atoms with van der Waals surface area (Å²) in [5.41, 5.74) is 2.11. The van der Waals surface area contributed by atoms with Crippen molar-refractivity contribution in [2.75, 3.05) is 31.1 Å². The number of benzene rings is 1. The number of hydrogen-bond donors (Lipinski definition) is 1. The van der Waals surface area contributed by atoms with Crippen LogP contribution in [0.1, 0.15) is 16.1 Å². The van der Waals surface area contributed by atoms with E-state index in [-0.39, 0.29) is 23.3 Å². The Balaban J connectivity index is 1.39. The third-order valence-electron chi connectivity index (χ3n) is 5.10. The minimum Gasteiger partial charge on any atom is -0.368 e. The van der Waals surface area contributed by atoms with Crippen molar-refractivity contribution in [1.82, 2.24) is 30.2 Å².